The predicted molar refractivity (Wildman–Crippen MR) is 115 cm³/mol. The predicted octanol–water partition coefficient (Wildman–Crippen LogP) is 0.633. The molecule has 8 heteroatoms. The molecule has 0 radical (unpaired) electrons. The van der Waals surface area contributed by atoms with Crippen LogP contribution in [0.1, 0.15) is 15.9 Å². The molecule has 0 bridgehead atoms. The Balaban J connectivity index is 1.45. The number of amides is 1. The Morgan fingerprint density at radius 2 is 1.70 bits per heavy atom. The molecule has 3 heterocycles. The van der Waals surface area contributed by atoms with E-state index < -0.39 is 11.2 Å². The van der Waals surface area contributed by atoms with Gasteiger partial charge in [0.05, 0.1) is 10.9 Å². The molecule has 4 rings (SSSR count). The molecule has 30 heavy (non-hydrogen) atoms. The van der Waals surface area contributed by atoms with Crippen LogP contribution in [0.4, 0.5) is 0 Å². The summed E-state index contributed by atoms with van der Waals surface area (Å²) in [6.07, 6.45) is 2.44. The Kier molecular flexibility index (Phi) is 5.50. The van der Waals surface area contributed by atoms with Crippen molar-refractivity contribution in [1.29, 1.82) is 0 Å². The van der Waals surface area contributed by atoms with E-state index in [4.69, 9.17) is 0 Å². The van der Waals surface area contributed by atoms with E-state index in [0.717, 1.165) is 30.6 Å². The number of fused-ring (bicyclic) bond motifs is 1. The van der Waals surface area contributed by atoms with Crippen molar-refractivity contribution in [3.8, 4) is 0 Å². The van der Waals surface area contributed by atoms with Gasteiger partial charge in [-0.3, -0.25) is 23.6 Å². The van der Waals surface area contributed by atoms with E-state index >= 15 is 0 Å². The zero-order chi connectivity index (χ0) is 21.3. The number of benzene rings is 1. The van der Waals surface area contributed by atoms with Gasteiger partial charge in [-0.15, -0.1) is 0 Å². The third-order valence-corrected chi connectivity index (χ3v) is 5.76. The van der Waals surface area contributed by atoms with Gasteiger partial charge in [0.15, 0.2) is 0 Å². The number of aryl methyl sites for hydroxylation is 1. The highest BCUT2D eigenvalue weighted by atomic mass is 16.2. The average molecular weight is 407 g/mol. The number of piperazine rings is 1. The summed E-state index contributed by atoms with van der Waals surface area (Å²) in [4.78, 5) is 45.9. The molecular weight excluding hydrogens is 382 g/mol. The lowest BCUT2D eigenvalue weighted by Gasteiger charge is -2.34. The molecule has 1 aromatic carbocycles. The molecule has 0 unspecified atom stereocenters. The third-order valence-electron chi connectivity index (χ3n) is 5.76. The molecule has 0 N–H and O–H groups in total. The Morgan fingerprint density at radius 1 is 1.00 bits per heavy atom. The second-order valence-corrected chi connectivity index (χ2v) is 7.67. The number of pyridine rings is 1. The van der Waals surface area contributed by atoms with E-state index in [0.29, 0.717) is 18.7 Å². The molecule has 1 aliphatic heterocycles. The van der Waals surface area contributed by atoms with E-state index in [1.807, 2.05) is 6.07 Å². The standard InChI is InChI=1S/C22H25N5O3/c1-24-19-18(21(29)25(2)22(24)30)14-17(15-23-19)20(28)27-12-10-26(11-13-27)9-8-16-6-4-3-5-7-16/h3-7,14-15H,8-13H2,1-2H3. The van der Waals surface area contributed by atoms with Gasteiger partial charge in [-0.05, 0) is 18.1 Å². The quantitative estimate of drug-likeness (QED) is 0.634. The maximum atomic E-state index is 13.0. The van der Waals surface area contributed by atoms with E-state index in [2.05, 4.69) is 34.1 Å². The summed E-state index contributed by atoms with van der Waals surface area (Å²) in [5.74, 6) is -0.136. The number of nitrogens with zero attached hydrogens (tertiary/aromatic N) is 5. The van der Waals surface area contributed by atoms with Crippen LogP contribution in [-0.2, 0) is 20.5 Å². The van der Waals surface area contributed by atoms with Crippen LogP contribution < -0.4 is 11.2 Å². The van der Waals surface area contributed by atoms with E-state index in [1.165, 1.54) is 23.4 Å². The highest BCUT2D eigenvalue weighted by molar-refractivity contribution is 5.96. The molecule has 0 atom stereocenters. The normalized spacial score (nSPS) is 14.9. The van der Waals surface area contributed by atoms with Gasteiger partial charge in [-0.2, -0.15) is 0 Å². The summed E-state index contributed by atoms with van der Waals surface area (Å²) in [6, 6.07) is 11.9. The van der Waals surface area contributed by atoms with Crippen molar-refractivity contribution in [3.63, 3.8) is 0 Å². The Bertz CT molecular complexity index is 1190. The first-order valence-corrected chi connectivity index (χ1v) is 10.1. The fourth-order valence-corrected chi connectivity index (χ4v) is 3.87. The van der Waals surface area contributed by atoms with Crippen LogP contribution in [0.25, 0.3) is 11.0 Å². The van der Waals surface area contributed by atoms with Crippen LogP contribution in [0, 0.1) is 0 Å². The second-order valence-electron chi connectivity index (χ2n) is 7.67. The molecule has 1 aliphatic rings. The smallest absolute Gasteiger partial charge is 0.332 e. The van der Waals surface area contributed by atoms with Gasteiger partial charge in [0.2, 0.25) is 0 Å². The zero-order valence-corrected chi connectivity index (χ0v) is 17.2. The molecule has 1 fully saturated rings. The Labute approximate surface area is 174 Å². The summed E-state index contributed by atoms with van der Waals surface area (Å²) >= 11 is 0. The van der Waals surface area contributed by atoms with Crippen molar-refractivity contribution in [2.45, 2.75) is 6.42 Å². The fourth-order valence-electron chi connectivity index (χ4n) is 3.87. The van der Waals surface area contributed by atoms with E-state index in [1.54, 1.807) is 18.0 Å². The summed E-state index contributed by atoms with van der Waals surface area (Å²) in [7, 11) is 2.99. The number of rotatable bonds is 4. The van der Waals surface area contributed by atoms with Crippen molar-refractivity contribution < 1.29 is 4.79 Å². The van der Waals surface area contributed by atoms with E-state index in [9.17, 15) is 14.4 Å². The van der Waals surface area contributed by atoms with Crippen molar-refractivity contribution in [3.05, 3.63) is 74.6 Å². The van der Waals surface area contributed by atoms with Gasteiger partial charge in [0.25, 0.3) is 11.5 Å². The van der Waals surface area contributed by atoms with Gasteiger partial charge in [0.1, 0.15) is 5.65 Å². The zero-order valence-electron chi connectivity index (χ0n) is 17.2. The molecule has 8 nitrogen and oxygen atoms in total. The average Bonchev–Trinajstić information content (AvgIpc) is 2.80. The summed E-state index contributed by atoms with van der Waals surface area (Å²) in [5, 5.41) is 0.270. The van der Waals surface area contributed by atoms with Crippen LogP contribution in [-0.4, -0.2) is 62.5 Å². The van der Waals surface area contributed by atoms with Crippen LogP contribution in [0.3, 0.4) is 0 Å². The number of aromatic nitrogens is 3. The van der Waals surface area contributed by atoms with Crippen molar-refractivity contribution in [2.75, 3.05) is 32.7 Å². The Morgan fingerprint density at radius 3 is 2.40 bits per heavy atom. The minimum atomic E-state index is -0.444. The number of hydrogen-bond donors (Lipinski definition) is 0. The molecule has 1 amide bonds. The SMILES string of the molecule is Cn1c(=O)c2cc(C(=O)N3CCN(CCc4ccccc4)CC3)cnc2n(C)c1=O. The van der Waals surface area contributed by atoms with Gasteiger partial charge < -0.3 is 4.90 Å². The molecule has 0 saturated carbocycles. The molecule has 0 spiro atoms. The molecule has 3 aromatic rings. The first kappa shape index (κ1) is 20.0. The highest BCUT2D eigenvalue weighted by Gasteiger charge is 2.23. The number of carbonyl (C=O) groups excluding carboxylic acids is 1. The summed E-state index contributed by atoms with van der Waals surface area (Å²) < 4.78 is 2.35. The lowest BCUT2D eigenvalue weighted by Crippen LogP contribution is -2.49. The van der Waals surface area contributed by atoms with Gasteiger partial charge in [0, 0.05) is 53.0 Å². The molecular formula is C22H25N5O3. The lowest BCUT2D eigenvalue weighted by atomic mass is 10.1. The topological polar surface area (TPSA) is 80.4 Å². The molecule has 1 saturated heterocycles. The third kappa shape index (κ3) is 3.78. The van der Waals surface area contributed by atoms with Crippen LogP contribution >= 0.6 is 0 Å². The van der Waals surface area contributed by atoms with Crippen LogP contribution in [0.5, 0.6) is 0 Å². The number of hydrogen-bond acceptors (Lipinski definition) is 5. The highest BCUT2D eigenvalue weighted by Crippen LogP contribution is 2.12. The first-order chi connectivity index (χ1) is 14.5. The van der Waals surface area contributed by atoms with Crippen LogP contribution in [0.2, 0.25) is 0 Å². The minimum Gasteiger partial charge on any atom is -0.336 e. The second kappa shape index (κ2) is 8.23. The van der Waals surface area contributed by atoms with Crippen molar-refractivity contribution in [1.82, 2.24) is 23.9 Å². The van der Waals surface area contributed by atoms with Gasteiger partial charge >= 0.3 is 5.69 Å². The van der Waals surface area contributed by atoms with Crippen molar-refractivity contribution >= 4 is 16.9 Å². The van der Waals surface area contributed by atoms with E-state index in [-0.39, 0.29) is 16.9 Å². The molecule has 2 aromatic heterocycles. The molecule has 0 aliphatic carbocycles. The maximum Gasteiger partial charge on any atom is 0.332 e. The Hall–Kier alpha value is -3.26. The number of carbonyl (C=O) groups is 1. The maximum absolute atomic E-state index is 13.0. The minimum absolute atomic E-state index is 0.136. The van der Waals surface area contributed by atoms with Crippen molar-refractivity contribution in [2.24, 2.45) is 14.1 Å². The first-order valence-electron chi connectivity index (χ1n) is 10.1. The lowest BCUT2D eigenvalue weighted by molar-refractivity contribution is 0.0638. The van der Waals surface area contributed by atoms with Gasteiger partial charge in [-0.25, -0.2) is 9.78 Å². The fraction of sp³-hybridized carbons (Fsp3) is 0.364. The molecule has 156 valence electrons. The summed E-state index contributed by atoms with van der Waals surface area (Å²) in [6.45, 7) is 3.87. The van der Waals surface area contributed by atoms with Crippen LogP contribution in [0.15, 0.2) is 52.2 Å². The largest absolute Gasteiger partial charge is 0.336 e. The van der Waals surface area contributed by atoms with Gasteiger partial charge in [-0.1, -0.05) is 30.3 Å². The monoisotopic (exact) mass is 407 g/mol. The summed E-state index contributed by atoms with van der Waals surface area (Å²) in [5.41, 5.74) is 1.09.